The van der Waals surface area contributed by atoms with Gasteiger partial charge in [-0.1, -0.05) is 12.5 Å². The van der Waals surface area contributed by atoms with E-state index in [0.29, 0.717) is 11.9 Å². The van der Waals surface area contributed by atoms with E-state index in [9.17, 15) is 0 Å². The lowest BCUT2D eigenvalue weighted by molar-refractivity contribution is 0.186. The third-order valence-corrected chi connectivity index (χ3v) is 3.28. The van der Waals surface area contributed by atoms with Crippen molar-refractivity contribution < 1.29 is 0 Å². The number of nitrogens with zero attached hydrogens (tertiary/aromatic N) is 2. The van der Waals surface area contributed by atoms with Crippen LogP contribution in [0.15, 0.2) is 12.1 Å². The van der Waals surface area contributed by atoms with Gasteiger partial charge < -0.3 is 5.73 Å². The van der Waals surface area contributed by atoms with Gasteiger partial charge in [-0.2, -0.15) is 0 Å². The summed E-state index contributed by atoms with van der Waals surface area (Å²) in [6.45, 7) is 3.24. The molecule has 2 rings (SSSR count). The van der Waals surface area contributed by atoms with Crippen LogP contribution in [0.3, 0.4) is 0 Å². The first-order valence-electron chi connectivity index (χ1n) is 5.62. The predicted molar refractivity (Wildman–Crippen MR) is 62.6 cm³/mol. The Morgan fingerprint density at radius 1 is 1.40 bits per heavy atom. The van der Waals surface area contributed by atoms with Gasteiger partial charge in [0.15, 0.2) is 0 Å². The summed E-state index contributed by atoms with van der Waals surface area (Å²) in [7, 11) is 2.19. The molecule has 1 aromatic heterocycles. The second-order valence-electron chi connectivity index (χ2n) is 4.40. The summed E-state index contributed by atoms with van der Waals surface area (Å²) in [6, 6.07) is 4.57. The SMILES string of the molecule is Cc1nc(N)ccc1[C@H]1CCCCN1C. The van der Waals surface area contributed by atoms with Crippen LogP contribution in [0.4, 0.5) is 5.82 Å². The average molecular weight is 205 g/mol. The molecule has 1 aliphatic rings. The Kier molecular flexibility index (Phi) is 2.91. The minimum atomic E-state index is 0.534. The van der Waals surface area contributed by atoms with Gasteiger partial charge in [-0.25, -0.2) is 4.98 Å². The van der Waals surface area contributed by atoms with Crippen molar-refractivity contribution in [3.05, 3.63) is 23.4 Å². The van der Waals surface area contributed by atoms with Crippen molar-refractivity contribution in [1.82, 2.24) is 9.88 Å². The van der Waals surface area contributed by atoms with Crippen molar-refractivity contribution >= 4 is 5.82 Å². The molecular formula is C12H19N3. The predicted octanol–water partition coefficient (Wildman–Crippen LogP) is 2.13. The molecule has 1 saturated heterocycles. The monoisotopic (exact) mass is 205 g/mol. The van der Waals surface area contributed by atoms with Crippen LogP contribution in [0.5, 0.6) is 0 Å². The van der Waals surface area contributed by atoms with Crippen LogP contribution in [0, 0.1) is 6.92 Å². The molecule has 1 aliphatic heterocycles. The van der Waals surface area contributed by atoms with Gasteiger partial charge in [0.05, 0.1) is 0 Å². The number of hydrogen-bond acceptors (Lipinski definition) is 3. The molecule has 1 aromatic rings. The molecule has 15 heavy (non-hydrogen) atoms. The quantitative estimate of drug-likeness (QED) is 0.763. The molecule has 3 heteroatoms. The Morgan fingerprint density at radius 3 is 2.87 bits per heavy atom. The third kappa shape index (κ3) is 2.12. The highest BCUT2D eigenvalue weighted by Gasteiger charge is 2.22. The molecular weight excluding hydrogens is 186 g/mol. The molecule has 0 amide bonds. The minimum Gasteiger partial charge on any atom is -0.384 e. The number of hydrogen-bond donors (Lipinski definition) is 1. The van der Waals surface area contributed by atoms with Gasteiger partial charge in [-0.05, 0) is 45.0 Å². The smallest absolute Gasteiger partial charge is 0.123 e. The van der Waals surface area contributed by atoms with Gasteiger partial charge in [0.25, 0.3) is 0 Å². The van der Waals surface area contributed by atoms with Gasteiger partial charge in [0.2, 0.25) is 0 Å². The fourth-order valence-electron chi connectivity index (χ4n) is 2.41. The molecule has 2 heterocycles. The maximum atomic E-state index is 5.67. The van der Waals surface area contributed by atoms with E-state index in [1.807, 2.05) is 13.0 Å². The van der Waals surface area contributed by atoms with E-state index >= 15 is 0 Å². The lowest BCUT2D eigenvalue weighted by Gasteiger charge is -2.33. The van der Waals surface area contributed by atoms with Crippen LogP contribution in [0.25, 0.3) is 0 Å². The summed E-state index contributed by atoms with van der Waals surface area (Å²) >= 11 is 0. The number of nitrogen functional groups attached to an aromatic ring is 1. The zero-order chi connectivity index (χ0) is 10.8. The van der Waals surface area contributed by atoms with E-state index < -0.39 is 0 Å². The highest BCUT2D eigenvalue weighted by molar-refractivity contribution is 5.35. The molecule has 82 valence electrons. The number of piperidine rings is 1. The first-order valence-corrected chi connectivity index (χ1v) is 5.62. The van der Waals surface area contributed by atoms with E-state index in [-0.39, 0.29) is 0 Å². The molecule has 0 radical (unpaired) electrons. The Labute approximate surface area is 91.3 Å². The largest absolute Gasteiger partial charge is 0.384 e. The topological polar surface area (TPSA) is 42.1 Å². The van der Waals surface area contributed by atoms with Crippen LogP contribution in [0.2, 0.25) is 0 Å². The summed E-state index contributed by atoms with van der Waals surface area (Å²) < 4.78 is 0. The van der Waals surface area contributed by atoms with Crippen LogP contribution in [-0.4, -0.2) is 23.5 Å². The summed E-state index contributed by atoms with van der Waals surface area (Å²) in [4.78, 5) is 6.75. The Morgan fingerprint density at radius 2 is 2.20 bits per heavy atom. The first-order chi connectivity index (χ1) is 7.18. The molecule has 0 saturated carbocycles. The molecule has 0 aliphatic carbocycles. The van der Waals surface area contributed by atoms with Gasteiger partial charge in [0, 0.05) is 11.7 Å². The second kappa shape index (κ2) is 4.19. The van der Waals surface area contributed by atoms with Gasteiger partial charge in [-0.3, -0.25) is 4.90 Å². The normalized spacial score (nSPS) is 22.9. The number of nitrogens with two attached hydrogens (primary N) is 1. The van der Waals surface area contributed by atoms with Crippen molar-refractivity contribution in [2.24, 2.45) is 0 Å². The van der Waals surface area contributed by atoms with E-state index in [1.165, 1.54) is 31.4 Å². The van der Waals surface area contributed by atoms with Gasteiger partial charge in [0.1, 0.15) is 5.82 Å². The van der Waals surface area contributed by atoms with Gasteiger partial charge >= 0.3 is 0 Å². The van der Waals surface area contributed by atoms with Crippen LogP contribution >= 0.6 is 0 Å². The fourth-order valence-corrected chi connectivity index (χ4v) is 2.41. The average Bonchev–Trinajstić information content (AvgIpc) is 2.20. The molecule has 2 N–H and O–H groups in total. The van der Waals surface area contributed by atoms with E-state index in [0.717, 1.165) is 5.69 Å². The van der Waals surface area contributed by atoms with Crippen LogP contribution in [-0.2, 0) is 0 Å². The number of anilines is 1. The maximum absolute atomic E-state index is 5.67. The van der Waals surface area contributed by atoms with Crippen molar-refractivity contribution in [3.63, 3.8) is 0 Å². The summed E-state index contributed by atoms with van der Waals surface area (Å²) in [5.41, 5.74) is 8.08. The number of aryl methyl sites for hydroxylation is 1. The zero-order valence-electron chi connectivity index (χ0n) is 9.53. The van der Waals surface area contributed by atoms with Crippen molar-refractivity contribution in [1.29, 1.82) is 0 Å². The van der Waals surface area contributed by atoms with Crippen molar-refractivity contribution in [2.75, 3.05) is 19.3 Å². The lowest BCUT2D eigenvalue weighted by Crippen LogP contribution is -2.30. The van der Waals surface area contributed by atoms with Crippen LogP contribution in [0.1, 0.15) is 36.6 Å². The highest BCUT2D eigenvalue weighted by Crippen LogP contribution is 2.30. The lowest BCUT2D eigenvalue weighted by atomic mass is 9.95. The van der Waals surface area contributed by atoms with Crippen molar-refractivity contribution in [3.8, 4) is 0 Å². The Bertz CT molecular complexity index is 349. The molecule has 1 atom stereocenters. The number of rotatable bonds is 1. The number of pyridine rings is 1. The van der Waals surface area contributed by atoms with Gasteiger partial charge in [-0.15, -0.1) is 0 Å². The second-order valence-corrected chi connectivity index (χ2v) is 4.40. The molecule has 0 spiro atoms. The Balaban J connectivity index is 2.27. The van der Waals surface area contributed by atoms with E-state index in [4.69, 9.17) is 5.73 Å². The summed E-state index contributed by atoms with van der Waals surface area (Å²) in [5.74, 6) is 0.620. The maximum Gasteiger partial charge on any atom is 0.123 e. The molecule has 0 aromatic carbocycles. The molecule has 1 fully saturated rings. The third-order valence-electron chi connectivity index (χ3n) is 3.28. The first kappa shape index (κ1) is 10.4. The summed E-state index contributed by atoms with van der Waals surface area (Å²) in [5, 5.41) is 0. The van der Waals surface area contributed by atoms with E-state index in [1.54, 1.807) is 0 Å². The standard InChI is InChI=1S/C12H19N3/c1-9-10(6-7-12(13)14-9)11-5-3-4-8-15(11)2/h6-7,11H,3-5,8H2,1-2H3,(H2,13,14)/t11-/m1/s1. The molecule has 0 bridgehead atoms. The number of likely N-dealkylation sites (tertiary alicyclic amines) is 1. The zero-order valence-corrected chi connectivity index (χ0v) is 9.53. The minimum absolute atomic E-state index is 0.534. The molecule has 0 unspecified atom stereocenters. The fraction of sp³-hybridized carbons (Fsp3) is 0.583. The Hall–Kier alpha value is -1.09. The van der Waals surface area contributed by atoms with Crippen molar-refractivity contribution in [2.45, 2.75) is 32.2 Å². The summed E-state index contributed by atoms with van der Waals surface area (Å²) in [6.07, 6.45) is 3.87. The molecule has 3 nitrogen and oxygen atoms in total. The van der Waals surface area contributed by atoms with E-state index in [2.05, 4.69) is 23.0 Å². The highest BCUT2D eigenvalue weighted by atomic mass is 15.1. The number of aromatic nitrogens is 1. The van der Waals surface area contributed by atoms with Crippen LogP contribution < -0.4 is 5.73 Å².